The van der Waals surface area contributed by atoms with Gasteiger partial charge in [0.15, 0.2) is 5.41 Å². The molecule has 0 N–H and O–H groups in total. The molecule has 2 fully saturated rings. The highest BCUT2D eigenvalue weighted by molar-refractivity contribution is 6.01. The van der Waals surface area contributed by atoms with Crippen LogP contribution in [0.4, 0.5) is 0 Å². The Morgan fingerprint density at radius 1 is 0.686 bits per heavy atom. The van der Waals surface area contributed by atoms with Crippen molar-refractivity contribution in [3.8, 4) is 0 Å². The number of nitrogens with zero attached hydrogens (tertiary/aromatic N) is 2. The van der Waals surface area contributed by atoms with Crippen LogP contribution < -0.4 is 0 Å². The van der Waals surface area contributed by atoms with Crippen molar-refractivity contribution in [2.45, 2.75) is 117 Å². The molecule has 2 amide bonds. The van der Waals surface area contributed by atoms with Gasteiger partial charge in [-0.3, -0.25) is 19.2 Å². The van der Waals surface area contributed by atoms with E-state index in [4.69, 9.17) is 9.47 Å². The zero-order chi connectivity index (χ0) is 27.0. The Labute approximate surface area is 211 Å². The van der Waals surface area contributed by atoms with Crippen LogP contribution in [0, 0.1) is 17.3 Å². The van der Waals surface area contributed by atoms with E-state index in [1.54, 1.807) is 23.6 Å². The normalized spacial score (nSPS) is 23.9. The van der Waals surface area contributed by atoms with Gasteiger partial charge < -0.3 is 19.3 Å². The summed E-state index contributed by atoms with van der Waals surface area (Å²) in [5.41, 5.74) is -3.92. The van der Waals surface area contributed by atoms with Gasteiger partial charge in [-0.05, 0) is 107 Å². The molecule has 0 unspecified atom stereocenters. The predicted octanol–water partition coefficient (Wildman–Crippen LogP) is 3.95. The first-order valence-electron chi connectivity index (χ1n) is 12.8. The molecule has 0 atom stereocenters. The molecular formula is C27H46N2O6. The maximum absolute atomic E-state index is 14.0. The molecule has 0 bridgehead atoms. The summed E-state index contributed by atoms with van der Waals surface area (Å²) in [4.78, 5) is 55.8. The largest absolute Gasteiger partial charge is 0.465 e. The second-order valence-electron chi connectivity index (χ2n) is 12.7. The monoisotopic (exact) mass is 494 g/mol. The fraction of sp³-hybridized carbons (Fsp3) is 0.852. The fourth-order valence-electron chi connectivity index (χ4n) is 7.39. The smallest absolute Gasteiger partial charge is 0.324 e. The van der Waals surface area contributed by atoms with E-state index in [2.05, 4.69) is 0 Å². The predicted molar refractivity (Wildman–Crippen MR) is 133 cm³/mol. The molecule has 0 aromatic heterocycles. The third-order valence-electron chi connectivity index (χ3n) is 8.32. The summed E-state index contributed by atoms with van der Waals surface area (Å²) in [6.07, 6.45) is 3.51. The van der Waals surface area contributed by atoms with Gasteiger partial charge in [0.25, 0.3) is 0 Å². The fourth-order valence-corrected chi connectivity index (χ4v) is 7.39. The van der Waals surface area contributed by atoms with Crippen LogP contribution in [0.1, 0.15) is 94.9 Å². The van der Waals surface area contributed by atoms with Gasteiger partial charge in [0.05, 0.1) is 13.2 Å². The zero-order valence-corrected chi connectivity index (χ0v) is 23.4. The number of esters is 2. The first-order valence-corrected chi connectivity index (χ1v) is 12.8. The number of hydrogen-bond donors (Lipinski definition) is 0. The summed E-state index contributed by atoms with van der Waals surface area (Å²) in [5, 5.41) is 0. The van der Waals surface area contributed by atoms with Crippen LogP contribution in [0.3, 0.4) is 0 Å². The van der Waals surface area contributed by atoms with Gasteiger partial charge in [0.1, 0.15) is 0 Å². The summed E-state index contributed by atoms with van der Waals surface area (Å²) >= 11 is 0. The highest BCUT2D eigenvalue weighted by Gasteiger charge is 2.66. The van der Waals surface area contributed by atoms with E-state index in [9.17, 15) is 19.2 Å². The van der Waals surface area contributed by atoms with Crippen molar-refractivity contribution in [2.75, 3.05) is 13.2 Å². The van der Waals surface area contributed by atoms with E-state index in [1.807, 2.05) is 55.4 Å². The minimum absolute atomic E-state index is 0.139. The standard InChI is InChI=1S/C27H46N2O6/c1-11-34-21(32)27(22(33)35-12-2,19-13-23(3,4)28(17-30)24(5,6)14-19)20-15-25(7,8)29(18-31)26(9,10)16-20/h17-20H,11-16H2,1-10H3. The number of carbonyl (C=O) groups is 4. The van der Waals surface area contributed by atoms with Gasteiger partial charge in [0, 0.05) is 22.2 Å². The molecular weight excluding hydrogens is 448 g/mol. The molecule has 2 aliphatic heterocycles. The number of ether oxygens (including phenoxy) is 2. The SMILES string of the molecule is CCOC(=O)C(C(=O)OCC)(C1CC(C)(C)N(C=O)C(C)(C)C1)C1CC(C)(C)N(C=O)C(C)(C)C1. The van der Waals surface area contributed by atoms with Crippen LogP contribution in [0.5, 0.6) is 0 Å². The van der Waals surface area contributed by atoms with E-state index in [0.29, 0.717) is 25.7 Å². The summed E-state index contributed by atoms with van der Waals surface area (Å²) in [7, 11) is 0. The van der Waals surface area contributed by atoms with Crippen LogP contribution in [-0.4, -0.2) is 69.9 Å². The Morgan fingerprint density at radius 3 is 1.14 bits per heavy atom. The van der Waals surface area contributed by atoms with Crippen molar-refractivity contribution in [1.29, 1.82) is 0 Å². The molecule has 200 valence electrons. The molecule has 2 rings (SSSR count). The van der Waals surface area contributed by atoms with Crippen molar-refractivity contribution in [3.63, 3.8) is 0 Å². The van der Waals surface area contributed by atoms with Crippen molar-refractivity contribution >= 4 is 24.8 Å². The highest BCUT2D eigenvalue weighted by atomic mass is 16.6. The lowest BCUT2D eigenvalue weighted by atomic mass is 9.53. The molecule has 8 heteroatoms. The van der Waals surface area contributed by atoms with Crippen LogP contribution >= 0.6 is 0 Å². The molecule has 8 nitrogen and oxygen atoms in total. The molecule has 0 aromatic carbocycles. The second-order valence-corrected chi connectivity index (χ2v) is 12.7. The van der Waals surface area contributed by atoms with Crippen molar-refractivity contribution in [3.05, 3.63) is 0 Å². The van der Waals surface area contributed by atoms with Crippen molar-refractivity contribution < 1.29 is 28.7 Å². The third kappa shape index (κ3) is 4.94. The van der Waals surface area contributed by atoms with Crippen LogP contribution in [-0.2, 0) is 28.7 Å². The molecule has 0 aromatic rings. The number of amides is 2. The van der Waals surface area contributed by atoms with Gasteiger partial charge in [0.2, 0.25) is 12.8 Å². The van der Waals surface area contributed by atoms with E-state index in [1.165, 1.54) is 0 Å². The number of rotatable bonds is 8. The number of likely N-dealkylation sites (tertiary alicyclic amines) is 2. The average molecular weight is 495 g/mol. The van der Waals surface area contributed by atoms with E-state index >= 15 is 0 Å². The summed E-state index contributed by atoms with van der Waals surface area (Å²) in [5.74, 6) is -1.96. The number of piperidine rings is 2. The number of carbonyl (C=O) groups excluding carboxylic acids is 4. The molecule has 2 heterocycles. The summed E-state index contributed by atoms with van der Waals surface area (Å²) in [6.45, 7) is 19.5. The molecule has 0 radical (unpaired) electrons. The molecule has 35 heavy (non-hydrogen) atoms. The molecule has 2 aliphatic rings. The highest BCUT2D eigenvalue weighted by Crippen LogP contribution is 2.57. The third-order valence-corrected chi connectivity index (χ3v) is 8.32. The quantitative estimate of drug-likeness (QED) is 0.288. The maximum atomic E-state index is 14.0. The molecule has 0 saturated carbocycles. The Hall–Kier alpha value is -2.12. The first kappa shape index (κ1) is 29.1. The average Bonchev–Trinajstić information content (AvgIpc) is 2.66. The van der Waals surface area contributed by atoms with Gasteiger partial charge >= 0.3 is 11.9 Å². The van der Waals surface area contributed by atoms with Gasteiger partial charge in [-0.1, -0.05) is 0 Å². The van der Waals surface area contributed by atoms with Crippen LogP contribution in [0.15, 0.2) is 0 Å². The Bertz CT molecular complexity index is 728. The second kappa shape index (κ2) is 9.74. The van der Waals surface area contributed by atoms with Gasteiger partial charge in [-0.15, -0.1) is 0 Å². The van der Waals surface area contributed by atoms with E-state index in [-0.39, 0.29) is 13.2 Å². The van der Waals surface area contributed by atoms with Crippen LogP contribution in [0.2, 0.25) is 0 Å². The van der Waals surface area contributed by atoms with Crippen LogP contribution in [0.25, 0.3) is 0 Å². The molecule has 0 aliphatic carbocycles. The lowest BCUT2D eigenvalue weighted by molar-refractivity contribution is -0.197. The van der Waals surface area contributed by atoms with Gasteiger partial charge in [-0.2, -0.15) is 0 Å². The lowest BCUT2D eigenvalue weighted by Gasteiger charge is -2.60. The Kier molecular flexibility index (Phi) is 8.10. The van der Waals surface area contributed by atoms with Crippen molar-refractivity contribution in [1.82, 2.24) is 9.80 Å². The van der Waals surface area contributed by atoms with E-state index in [0.717, 1.165) is 12.8 Å². The lowest BCUT2D eigenvalue weighted by Crippen LogP contribution is -2.68. The van der Waals surface area contributed by atoms with E-state index < -0.39 is 51.3 Å². The molecule has 0 spiro atoms. The Morgan fingerprint density at radius 2 is 0.943 bits per heavy atom. The molecule has 2 saturated heterocycles. The topological polar surface area (TPSA) is 93.2 Å². The van der Waals surface area contributed by atoms with Gasteiger partial charge in [-0.25, -0.2) is 0 Å². The first-order chi connectivity index (χ1) is 16.0. The maximum Gasteiger partial charge on any atom is 0.324 e. The summed E-state index contributed by atoms with van der Waals surface area (Å²) < 4.78 is 11.3. The Balaban J connectivity index is 2.81. The minimum atomic E-state index is -1.56. The summed E-state index contributed by atoms with van der Waals surface area (Å²) in [6, 6.07) is 0. The zero-order valence-electron chi connectivity index (χ0n) is 23.4. The van der Waals surface area contributed by atoms with Crippen molar-refractivity contribution in [2.24, 2.45) is 17.3 Å². The minimum Gasteiger partial charge on any atom is -0.465 e. The number of hydrogen-bond acceptors (Lipinski definition) is 6.